The first-order chi connectivity index (χ1) is 14.4. The summed E-state index contributed by atoms with van der Waals surface area (Å²) in [5.41, 5.74) is 0.189. The Balaban J connectivity index is 1.45. The van der Waals surface area contributed by atoms with E-state index in [1.807, 2.05) is 0 Å². The van der Waals surface area contributed by atoms with Crippen LogP contribution in [0.2, 0.25) is 0 Å². The molecular weight excluding hydrogens is 398 g/mol. The summed E-state index contributed by atoms with van der Waals surface area (Å²) in [5, 5.41) is 4.02. The number of carbonyl (C=O) groups is 2. The van der Waals surface area contributed by atoms with E-state index in [0.29, 0.717) is 12.1 Å². The number of nitrogens with zero attached hydrogens (tertiary/aromatic N) is 4. The van der Waals surface area contributed by atoms with Crippen molar-refractivity contribution < 1.29 is 27.8 Å². The van der Waals surface area contributed by atoms with Crippen molar-refractivity contribution in [3.63, 3.8) is 0 Å². The Morgan fingerprint density at radius 2 is 1.73 bits per heavy atom. The quantitative estimate of drug-likeness (QED) is 0.740. The topological polar surface area (TPSA) is 76.9 Å². The third kappa shape index (κ3) is 4.05. The van der Waals surface area contributed by atoms with Gasteiger partial charge in [0.25, 0.3) is 5.91 Å². The van der Waals surface area contributed by atoms with Crippen LogP contribution in [-0.4, -0.2) is 76.6 Å². The van der Waals surface area contributed by atoms with Crippen molar-refractivity contribution in [1.82, 2.24) is 19.6 Å². The number of rotatable bonds is 3. The lowest BCUT2D eigenvalue weighted by atomic mass is 10.1. The second-order valence-electron chi connectivity index (χ2n) is 7.43. The van der Waals surface area contributed by atoms with Gasteiger partial charge in [-0.25, -0.2) is 8.78 Å². The number of hydrogen-bond acceptors (Lipinski definition) is 5. The van der Waals surface area contributed by atoms with Crippen molar-refractivity contribution in [1.29, 1.82) is 0 Å². The van der Waals surface area contributed by atoms with Gasteiger partial charge in [0.2, 0.25) is 11.7 Å². The van der Waals surface area contributed by atoms with Crippen LogP contribution in [-0.2, 0) is 27.7 Å². The Morgan fingerprint density at radius 1 is 1.10 bits per heavy atom. The molecule has 8 nitrogen and oxygen atoms in total. The molecule has 1 atom stereocenters. The number of hydrogen-bond donors (Lipinski definition) is 0. The van der Waals surface area contributed by atoms with E-state index in [1.54, 1.807) is 22.8 Å². The van der Waals surface area contributed by atoms with Crippen molar-refractivity contribution in [2.24, 2.45) is 7.05 Å². The molecule has 2 aliphatic rings. The summed E-state index contributed by atoms with van der Waals surface area (Å²) in [6.45, 7) is 1.30. The molecule has 0 N–H and O–H groups in total. The normalized spacial score (nSPS) is 21.8. The van der Waals surface area contributed by atoms with Gasteiger partial charge in [-0.2, -0.15) is 5.10 Å². The Bertz CT molecular complexity index is 942. The number of morpholine rings is 2. The van der Waals surface area contributed by atoms with E-state index in [-0.39, 0.29) is 44.3 Å². The van der Waals surface area contributed by atoms with Crippen LogP contribution in [0.25, 0.3) is 0 Å². The molecule has 1 aromatic heterocycles. The fraction of sp³-hybridized carbons (Fsp3) is 0.450. The molecule has 2 saturated heterocycles. The molecule has 1 aromatic carbocycles. The highest BCUT2D eigenvalue weighted by Crippen LogP contribution is 2.26. The lowest BCUT2D eigenvalue weighted by Crippen LogP contribution is -2.63. The third-order valence-corrected chi connectivity index (χ3v) is 5.30. The molecule has 0 bridgehead atoms. The van der Waals surface area contributed by atoms with Crippen molar-refractivity contribution in [3.8, 4) is 0 Å². The fourth-order valence-corrected chi connectivity index (χ4v) is 3.76. The molecule has 3 heterocycles. The molecule has 4 rings (SSSR count). The van der Waals surface area contributed by atoms with Crippen LogP contribution in [0.3, 0.4) is 0 Å². The summed E-state index contributed by atoms with van der Waals surface area (Å²) in [7, 11) is 1.73. The van der Waals surface area contributed by atoms with Crippen LogP contribution < -0.4 is 0 Å². The predicted octanol–water partition coefficient (Wildman–Crippen LogP) is 0.968. The molecule has 160 valence electrons. The van der Waals surface area contributed by atoms with Crippen molar-refractivity contribution in [2.75, 3.05) is 39.4 Å². The lowest BCUT2D eigenvalue weighted by Gasteiger charge is -2.47. The van der Waals surface area contributed by atoms with E-state index in [4.69, 9.17) is 9.47 Å². The zero-order valence-electron chi connectivity index (χ0n) is 16.5. The van der Waals surface area contributed by atoms with Gasteiger partial charge < -0.3 is 19.3 Å². The van der Waals surface area contributed by atoms with E-state index < -0.39 is 29.7 Å². The number of aryl methyl sites for hydroxylation is 1. The van der Waals surface area contributed by atoms with Crippen LogP contribution in [0.15, 0.2) is 30.6 Å². The van der Waals surface area contributed by atoms with Gasteiger partial charge in [-0.05, 0) is 12.1 Å². The molecule has 2 amide bonds. The molecule has 2 fully saturated rings. The van der Waals surface area contributed by atoms with Gasteiger partial charge in [0.1, 0.15) is 11.6 Å². The number of aromatic nitrogens is 2. The molecule has 0 aliphatic carbocycles. The SMILES string of the molecule is Cn1cc(C(=O)N2CCOC3(CN(C(=O)Cc4c(F)cccc4F)CCO3)C2)cn1. The Morgan fingerprint density at radius 3 is 2.37 bits per heavy atom. The first kappa shape index (κ1) is 20.4. The highest BCUT2D eigenvalue weighted by atomic mass is 19.1. The van der Waals surface area contributed by atoms with Gasteiger partial charge in [-0.15, -0.1) is 0 Å². The lowest BCUT2D eigenvalue weighted by molar-refractivity contribution is -0.284. The monoisotopic (exact) mass is 420 g/mol. The van der Waals surface area contributed by atoms with E-state index in [2.05, 4.69) is 5.10 Å². The highest BCUT2D eigenvalue weighted by Gasteiger charge is 2.44. The van der Waals surface area contributed by atoms with E-state index >= 15 is 0 Å². The Hall–Kier alpha value is -2.85. The number of ether oxygens (including phenoxy) is 2. The number of amides is 2. The maximum atomic E-state index is 13.9. The third-order valence-electron chi connectivity index (χ3n) is 5.30. The smallest absolute Gasteiger partial charge is 0.257 e. The van der Waals surface area contributed by atoms with Crippen molar-refractivity contribution >= 4 is 11.8 Å². The summed E-state index contributed by atoms with van der Waals surface area (Å²) in [6.07, 6.45) is 2.73. The maximum Gasteiger partial charge on any atom is 0.257 e. The minimum atomic E-state index is -1.17. The Kier molecular flexibility index (Phi) is 5.52. The van der Waals surface area contributed by atoms with Gasteiger partial charge in [-0.1, -0.05) is 6.07 Å². The fourth-order valence-electron chi connectivity index (χ4n) is 3.76. The first-order valence-corrected chi connectivity index (χ1v) is 9.63. The minimum absolute atomic E-state index is 0.0682. The zero-order valence-corrected chi connectivity index (χ0v) is 16.5. The summed E-state index contributed by atoms with van der Waals surface area (Å²) >= 11 is 0. The zero-order chi connectivity index (χ0) is 21.3. The maximum absolute atomic E-state index is 13.9. The molecule has 1 spiro atoms. The molecule has 2 aliphatic heterocycles. The molecule has 2 aromatic rings. The van der Waals surface area contributed by atoms with Crippen LogP contribution >= 0.6 is 0 Å². The Labute approximate surface area is 171 Å². The van der Waals surface area contributed by atoms with Crippen LogP contribution in [0, 0.1) is 11.6 Å². The summed E-state index contributed by atoms with van der Waals surface area (Å²) < 4.78 is 41.0. The molecule has 10 heteroatoms. The molecule has 0 saturated carbocycles. The average molecular weight is 420 g/mol. The van der Waals surface area contributed by atoms with Crippen LogP contribution in [0.4, 0.5) is 8.78 Å². The summed E-state index contributed by atoms with van der Waals surface area (Å²) in [5.74, 6) is -3.31. The second kappa shape index (κ2) is 8.11. The van der Waals surface area contributed by atoms with E-state index in [1.165, 1.54) is 17.2 Å². The molecule has 0 radical (unpaired) electrons. The van der Waals surface area contributed by atoms with E-state index in [9.17, 15) is 18.4 Å². The van der Waals surface area contributed by atoms with Crippen molar-refractivity contribution in [2.45, 2.75) is 12.2 Å². The highest BCUT2D eigenvalue weighted by molar-refractivity contribution is 5.93. The van der Waals surface area contributed by atoms with Gasteiger partial charge >= 0.3 is 0 Å². The molecule has 1 unspecified atom stereocenters. The number of halogens is 2. The predicted molar refractivity (Wildman–Crippen MR) is 100 cm³/mol. The number of benzene rings is 1. The van der Waals surface area contributed by atoms with Gasteiger partial charge in [0.05, 0.1) is 44.5 Å². The largest absolute Gasteiger partial charge is 0.345 e. The van der Waals surface area contributed by atoms with Crippen molar-refractivity contribution in [3.05, 3.63) is 53.4 Å². The van der Waals surface area contributed by atoms with Gasteiger partial charge in [0, 0.05) is 31.9 Å². The van der Waals surface area contributed by atoms with E-state index in [0.717, 1.165) is 12.1 Å². The van der Waals surface area contributed by atoms with Crippen LogP contribution in [0.1, 0.15) is 15.9 Å². The van der Waals surface area contributed by atoms with Gasteiger partial charge in [-0.3, -0.25) is 14.3 Å². The minimum Gasteiger partial charge on any atom is -0.345 e. The summed E-state index contributed by atoms with van der Waals surface area (Å²) in [6, 6.07) is 3.50. The molecule has 30 heavy (non-hydrogen) atoms. The standard InChI is InChI=1S/C20H22F2N4O4/c1-24-11-14(10-23-24)19(28)26-6-8-30-20(13-26)12-25(5-7-29-20)18(27)9-15-16(21)3-2-4-17(15)22/h2-4,10-11H,5-9,12-13H2,1H3. The van der Waals surface area contributed by atoms with Gasteiger partial charge in [0.15, 0.2) is 0 Å². The second-order valence-corrected chi connectivity index (χ2v) is 7.43. The average Bonchev–Trinajstić information content (AvgIpc) is 3.16. The van der Waals surface area contributed by atoms with Crippen LogP contribution in [0.5, 0.6) is 0 Å². The molecular formula is C20H22F2N4O4. The summed E-state index contributed by atoms with van der Waals surface area (Å²) in [4.78, 5) is 28.6. The number of carbonyl (C=O) groups excluding carboxylic acids is 2. The first-order valence-electron chi connectivity index (χ1n) is 9.63.